The predicted octanol–water partition coefficient (Wildman–Crippen LogP) is 3.97. The molecule has 1 aliphatic rings. The number of guanidine groups is 1. The molecular formula is C21H41IN6OS. The van der Waals surface area contributed by atoms with Gasteiger partial charge < -0.3 is 19.9 Å². The Balaban J connectivity index is 0.00000450. The van der Waals surface area contributed by atoms with Crippen LogP contribution in [0.25, 0.3) is 0 Å². The summed E-state index contributed by atoms with van der Waals surface area (Å²) in [6, 6.07) is 0. The van der Waals surface area contributed by atoms with Gasteiger partial charge in [0.2, 0.25) is 0 Å². The lowest BCUT2D eigenvalue weighted by molar-refractivity contribution is 0.0778. The van der Waals surface area contributed by atoms with E-state index in [4.69, 9.17) is 9.73 Å². The number of rotatable bonds is 13. The summed E-state index contributed by atoms with van der Waals surface area (Å²) in [6.07, 6.45) is 8.94. The first-order valence-electron chi connectivity index (χ1n) is 11.0. The van der Waals surface area contributed by atoms with Crippen LogP contribution in [0, 0.1) is 11.3 Å². The van der Waals surface area contributed by atoms with Crippen molar-refractivity contribution in [3.63, 3.8) is 0 Å². The topological polar surface area (TPSA) is 76.4 Å². The average molecular weight is 553 g/mol. The Hall–Kier alpha value is -0.550. The van der Waals surface area contributed by atoms with Crippen LogP contribution in [0.3, 0.4) is 0 Å². The van der Waals surface area contributed by atoms with Crippen molar-refractivity contribution in [2.45, 2.75) is 71.0 Å². The molecule has 1 aliphatic carbocycles. The first-order valence-corrected chi connectivity index (χ1v) is 12.2. The van der Waals surface area contributed by atoms with Crippen molar-refractivity contribution in [2.75, 3.05) is 39.6 Å². The van der Waals surface area contributed by atoms with Crippen molar-refractivity contribution in [3.05, 3.63) is 5.82 Å². The maximum atomic E-state index is 5.30. The van der Waals surface area contributed by atoms with E-state index in [1.54, 1.807) is 18.9 Å². The molecule has 2 rings (SSSR count). The highest BCUT2D eigenvalue weighted by molar-refractivity contribution is 14.0. The number of nitrogens with one attached hydrogen (secondary N) is 2. The van der Waals surface area contributed by atoms with Crippen LogP contribution in [0.2, 0.25) is 0 Å². The van der Waals surface area contributed by atoms with Gasteiger partial charge in [-0.25, -0.2) is 0 Å². The fourth-order valence-electron chi connectivity index (χ4n) is 3.73. The predicted molar refractivity (Wildman–Crippen MR) is 137 cm³/mol. The highest BCUT2D eigenvalue weighted by Crippen LogP contribution is 2.44. The number of aliphatic imine (C=N–C) groups is 1. The van der Waals surface area contributed by atoms with Crippen LogP contribution in [0.1, 0.15) is 58.7 Å². The molecule has 1 aromatic rings. The Morgan fingerprint density at radius 2 is 2.07 bits per heavy atom. The van der Waals surface area contributed by atoms with Crippen LogP contribution in [0.15, 0.2) is 10.1 Å². The monoisotopic (exact) mass is 552 g/mol. The zero-order chi connectivity index (χ0) is 21.1. The fraction of sp³-hybridized carbons (Fsp3) is 0.857. The molecular weight excluding hydrogens is 511 g/mol. The van der Waals surface area contributed by atoms with Crippen molar-refractivity contribution in [3.8, 4) is 0 Å². The lowest BCUT2D eigenvalue weighted by Crippen LogP contribution is -2.40. The van der Waals surface area contributed by atoms with Gasteiger partial charge in [0.05, 0.1) is 0 Å². The first-order chi connectivity index (χ1) is 14.0. The van der Waals surface area contributed by atoms with Crippen LogP contribution < -0.4 is 10.6 Å². The van der Waals surface area contributed by atoms with Crippen molar-refractivity contribution in [2.24, 2.45) is 16.3 Å². The molecule has 30 heavy (non-hydrogen) atoms. The standard InChI is InChI=1S/C21H40N6OS.HI/c1-6-22-19(24-16-21(10-8-11-21)12-14-28-4)23-13-7-9-18-25-26-20(29-5)27(18)15-17(2)3;/h17H,6-16H2,1-5H3,(H2,22,23,24);1H. The third kappa shape index (κ3) is 8.53. The lowest BCUT2D eigenvalue weighted by atomic mass is 9.67. The van der Waals surface area contributed by atoms with Crippen LogP contribution in [-0.2, 0) is 17.7 Å². The van der Waals surface area contributed by atoms with Gasteiger partial charge >= 0.3 is 0 Å². The Morgan fingerprint density at radius 3 is 2.63 bits per heavy atom. The van der Waals surface area contributed by atoms with Crippen LogP contribution in [0.4, 0.5) is 0 Å². The number of aryl methyl sites for hydroxylation is 1. The Bertz CT molecular complexity index is 633. The summed E-state index contributed by atoms with van der Waals surface area (Å²) in [7, 11) is 1.78. The van der Waals surface area contributed by atoms with Crippen molar-refractivity contribution < 1.29 is 4.74 Å². The second-order valence-corrected chi connectivity index (χ2v) is 9.20. The van der Waals surface area contributed by atoms with Crippen LogP contribution in [0.5, 0.6) is 0 Å². The smallest absolute Gasteiger partial charge is 0.191 e. The highest BCUT2D eigenvalue weighted by atomic mass is 127. The van der Waals surface area contributed by atoms with E-state index in [0.717, 1.165) is 69.0 Å². The summed E-state index contributed by atoms with van der Waals surface area (Å²) in [5.41, 5.74) is 0.347. The Kier molecular flexibility index (Phi) is 13.3. The van der Waals surface area contributed by atoms with E-state index < -0.39 is 0 Å². The zero-order valence-electron chi connectivity index (χ0n) is 19.4. The molecule has 1 heterocycles. The summed E-state index contributed by atoms with van der Waals surface area (Å²) in [5, 5.41) is 16.6. The minimum Gasteiger partial charge on any atom is -0.385 e. The normalized spacial score (nSPS) is 15.6. The van der Waals surface area contributed by atoms with E-state index in [9.17, 15) is 0 Å². The van der Waals surface area contributed by atoms with E-state index in [1.807, 2.05) is 0 Å². The van der Waals surface area contributed by atoms with Crippen LogP contribution >= 0.6 is 35.7 Å². The van der Waals surface area contributed by atoms with Gasteiger partial charge in [-0.3, -0.25) is 4.99 Å². The number of methoxy groups -OCH3 is 1. The fourth-order valence-corrected chi connectivity index (χ4v) is 4.25. The number of nitrogens with zero attached hydrogens (tertiary/aromatic N) is 4. The molecule has 1 aromatic heterocycles. The third-order valence-corrected chi connectivity index (χ3v) is 6.23. The maximum Gasteiger partial charge on any atom is 0.191 e. The van der Waals surface area contributed by atoms with Gasteiger partial charge in [-0.1, -0.05) is 32.0 Å². The van der Waals surface area contributed by atoms with Gasteiger partial charge in [-0.2, -0.15) is 0 Å². The van der Waals surface area contributed by atoms with Gasteiger partial charge in [0.1, 0.15) is 5.82 Å². The van der Waals surface area contributed by atoms with Crippen molar-refractivity contribution in [1.82, 2.24) is 25.4 Å². The molecule has 2 N–H and O–H groups in total. The van der Waals surface area contributed by atoms with Crippen molar-refractivity contribution >= 4 is 41.7 Å². The Labute approximate surface area is 204 Å². The average Bonchev–Trinajstić information content (AvgIpc) is 3.04. The van der Waals surface area contributed by atoms with Crippen LogP contribution in [-0.4, -0.2) is 60.3 Å². The van der Waals surface area contributed by atoms with Gasteiger partial charge in [0.15, 0.2) is 11.1 Å². The quantitative estimate of drug-likeness (QED) is 0.127. The number of hydrogen-bond donors (Lipinski definition) is 2. The second kappa shape index (κ2) is 14.5. The largest absolute Gasteiger partial charge is 0.385 e. The number of ether oxygens (including phenoxy) is 1. The van der Waals surface area contributed by atoms with E-state index in [1.165, 1.54) is 19.3 Å². The SMILES string of the molecule is CCNC(=NCC1(CCOC)CCC1)NCCCc1nnc(SC)n1CC(C)C.I. The molecule has 0 radical (unpaired) electrons. The molecule has 0 unspecified atom stereocenters. The maximum absolute atomic E-state index is 5.30. The first kappa shape index (κ1) is 27.5. The zero-order valence-corrected chi connectivity index (χ0v) is 22.5. The van der Waals surface area contributed by atoms with E-state index in [2.05, 4.69) is 52.4 Å². The molecule has 174 valence electrons. The van der Waals surface area contributed by atoms with E-state index in [-0.39, 0.29) is 24.0 Å². The van der Waals surface area contributed by atoms with E-state index in [0.29, 0.717) is 11.3 Å². The third-order valence-electron chi connectivity index (χ3n) is 5.56. The van der Waals surface area contributed by atoms with Gasteiger partial charge in [0, 0.05) is 46.3 Å². The van der Waals surface area contributed by atoms with Gasteiger partial charge in [-0.15, -0.1) is 34.2 Å². The molecule has 1 saturated carbocycles. The van der Waals surface area contributed by atoms with Crippen molar-refractivity contribution in [1.29, 1.82) is 0 Å². The summed E-state index contributed by atoms with van der Waals surface area (Å²) < 4.78 is 7.57. The number of thioether (sulfide) groups is 1. The molecule has 0 spiro atoms. The minimum absolute atomic E-state index is 0. The molecule has 0 saturated heterocycles. The van der Waals surface area contributed by atoms with Gasteiger partial charge in [-0.05, 0) is 50.2 Å². The summed E-state index contributed by atoms with van der Waals surface area (Å²) in [5.74, 6) is 2.59. The number of halogens is 1. The Morgan fingerprint density at radius 1 is 1.30 bits per heavy atom. The number of hydrogen-bond acceptors (Lipinski definition) is 5. The molecule has 0 bridgehead atoms. The summed E-state index contributed by atoms with van der Waals surface area (Å²) >= 11 is 1.67. The van der Waals surface area contributed by atoms with Gasteiger partial charge in [0.25, 0.3) is 0 Å². The molecule has 0 aromatic carbocycles. The molecule has 7 nitrogen and oxygen atoms in total. The minimum atomic E-state index is 0. The molecule has 0 aliphatic heterocycles. The molecule has 1 fully saturated rings. The molecule has 9 heteroatoms. The highest BCUT2D eigenvalue weighted by Gasteiger charge is 2.36. The summed E-state index contributed by atoms with van der Waals surface area (Å²) in [6.45, 7) is 11.0. The molecule has 0 atom stereocenters. The second-order valence-electron chi connectivity index (χ2n) is 8.43. The van der Waals surface area contributed by atoms with E-state index >= 15 is 0 Å². The lowest BCUT2D eigenvalue weighted by Gasteiger charge is -2.40. The number of aromatic nitrogens is 3. The molecule has 0 amide bonds. The summed E-state index contributed by atoms with van der Waals surface area (Å²) in [4.78, 5) is 4.88.